The number of para-hydroxylation sites is 2. The second kappa shape index (κ2) is 10.7. The highest BCUT2D eigenvalue weighted by Crippen LogP contribution is 2.34. The zero-order valence-electron chi connectivity index (χ0n) is 20.1. The molecule has 2 fully saturated rings. The van der Waals surface area contributed by atoms with Gasteiger partial charge in [-0.05, 0) is 47.9 Å². The lowest BCUT2D eigenvalue weighted by Gasteiger charge is -2.30. The molecule has 3 heterocycles. The molecular formula is C26H29N5O4S. The van der Waals surface area contributed by atoms with Crippen molar-refractivity contribution < 1.29 is 19.1 Å². The zero-order valence-corrected chi connectivity index (χ0v) is 20.9. The molecule has 3 aromatic rings. The van der Waals surface area contributed by atoms with E-state index in [4.69, 9.17) is 21.7 Å². The summed E-state index contributed by atoms with van der Waals surface area (Å²) >= 11 is 5.79. The Hall–Kier alpha value is -3.47. The van der Waals surface area contributed by atoms with Crippen molar-refractivity contribution in [1.29, 1.82) is 0 Å². The van der Waals surface area contributed by atoms with E-state index in [-0.39, 0.29) is 18.2 Å². The van der Waals surface area contributed by atoms with Gasteiger partial charge in [0.05, 0.1) is 32.4 Å². The van der Waals surface area contributed by atoms with Gasteiger partial charge in [0.15, 0.2) is 5.11 Å². The Morgan fingerprint density at radius 1 is 1.17 bits per heavy atom. The minimum Gasteiger partial charge on any atom is -0.495 e. The Kier molecular flexibility index (Phi) is 7.17. The monoisotopic (exact) mass is 507 g/mol. The largest absolute Gasteiger partial charge is 0.495 e. The number of carbonyl (C=O) groups is 2. The summed E-state index contributed by atoms with van der Waals surface area (Å²) in [6.45, 7) is 4.29. The predicted molar refractivity (Wildman–Crippen MR) is 142 cm³/mol. The maximum absolute atomic E-state index is 13.7. The lowest BCUT2D eigenvalue weighted by molar-refractivity contribution is -0.124. The Morgan fingerprint density at radius 2 is 1.97 bits per heavy atom. The minimum atomic E-state index is -0.710. The Labute approximate surface area is 214 Å². The van der Waals surface area contributed by atoms with Crippen molar-refractivity contribution in [3.63, 3.8) is 0 Å². The summed E-state index contributed by atoms with van der Waals surface area (Å²) in [5.41, 5.74) is 2.18. The molecule has 2 N–H and O–H groups in total. The number of H-pyrrole nitrogens is 1. The van der Waals surface area contributed by atoms with Crippen molar-refractivity contribution in [3.05, 3.63) is 54.7 Å². The number of amides is 2. The molecule has 1 aromatic heterocycles. The number of carbonyl (C=O) groups excluding carboxylic acids is 2. The van der Waals surface area contributed by atoms with E-state index in [0.717, 1.165) is 30.5 Å². The maximum Gasteiger partial charge on any atom is 0.256 e. The fourth-order valence-corrected chi connectivity index (χ4v) is 5.12. The smallest absolute Gasteiger partial charge is 0.256 e. The van der Waals surface area contributed by atoms with Gasteiger partial charge >= 0.3 is 0 Å². The van der Waals surface area contributed by atoms with Crippen molar-refractivity contribution in [3.8, 4) is 5.75 Å². The molecule has 0 saturated carbocycles. The average Bonchev–Trinajstić information content (AvgIpc) is 3.45. The standard InChI is InChI=1S/C26H29N5O4S/c1-34-23-5-3-2-4-21(23)31-25(33)22(30(26(31)36)11-10-29-12-14-35-15-13-29)17-24(32)28-19-7-6-18-8-9-27-20(18)16-19/h2-9,16,22,27H,10-15,17H2,1H3,(H,28,32). The van der Waals surface area contributed by atoms with Crippen LogP contribution in [-0.4, -0.2) is 84.3 Å². The van der Waals surface area contributed by atoms with Crippen molar-refractivity contribution in [1.82, 2.24) is 14.8 Å². The summed E-state index contributed by atoms with van der Waals surface area (Å²) in [5, 5.41) is 4.38. The normalized spacial score (nSPS) is 18.8. The Bertz CT molecular complexity index is 1270. The molecule has 2 amide bonds. The zero-order chi connectivity index (χ0) is 25.1. The number of methoxy groups -OCH3 is 1. The van der Waals surface area contributed by atoms with Crippen LogP contribution in [0.4, 0.5) is 11.4 Å². The molecule has 0 bridgehead atoms. The van der Waals surface area contributed by atoms with Gasteiger partial charge < -0.3 is 24.7 Å². The third-order valence-corrected chi connectivity index (χ3v) is 7.04. The summed E-state index contributed by atoms with van der Waals surface area (Å²) < 4.78 is 10.9. The van der Waals surface area contributed by atoms with E-state index in [0.29, 0.717) is 42.0 Å². The number of ether oxygens (including phenoxy) is 2. The highest BCUT2D eigenvalue weighted by atomic mass is 32.1. The lowest BCUT2D eigenvalue weighted by Crippen LogP contribution is -2.45. The summed E-state index contributed by atoms with van der Waals surface area (Å²) in [6, 6.07) is 14.2. The molecule has 0 radical (unpaired) electrons. The van der Waals surface area contributed by atoms with Gasteiger partial charge in [0.2, 0.25) is 5.91 Å². The second-order valence-electron chi connectivity index (χ2n) is 8.82. The molecule has 36 heavy (non-hydrogen) atoms. The molecule has 0 spiro atoms. The van der Waals surface area contributed by atoms with Crippen LogP contribution in [0.5, 0.6) is 5.75 Å². The van der Waals surface area contributed by atoms with Crippen LogP contribution in [0.2, 0.25) is 0 Å². The molecule has 1 atom stereocenters. The van der Waals surface area contributed by atoms with Gasteiger partial charge in [-0.15, -0.1) is 0 Å². The molecule has 2 aliphatic rings. The number of rotatable bonds is 8. The molecular weight excluding hydrogens is 478 g/mol. The van der Waals surface area contributed by atoms with Gasteiger partial charge in [0.25, 0.3) is 5.91 Å². The van der Waals surface area contributed by atoms with E-state index in [1.165, 1.54) is 4.90 Å². The van der Waals surface area contributed by atoms with Gasteiger partial charge in [-0.2, -0.15) is 0 Å². The number of thiocarbonyl (C=S) groups is 1. The first-order chi connectivity index (χ1) is 17.5. The van der Waals surface area contributed by atoms with Crippen molar-refractivity contribution >= 4 is 51.4 Å². The molecule has 2 aliphatic heterocycles. The first-order valence-corrected chi connectivity index (χ1v) is 12.4. The van der Waals surface area contributed by atoms with Crippen LogP contribution in [0.3, 0.4) is 0 Å². The van der Waals surface area contributed by atoms with Crippen molar-refractivity contribution in [2.75, 3.05) is 56.7 Å². The molecule has 5 rings (SSSR count). The number of benzene rings is 2. The van der Waals surface area contributed by atoms with E-state index in [2.05, 4.69) is 15.2 Å². The van der Waals surface area contributed by atoms with Gasteiger partial charge in [0, 0.05) is 43.6 Å². The van der Waals surface area contributed by atoms with Gasteiger partial charge in [0.1, 0.15) is 11.8 Å². The van der Waals surface area contributed by atoms with E-state index >= 15 is 0 Å². The topological polar surface area (TPSA) is 90.1 Å². The van der Waals surface area contributed by atoms with Crippen LogP contribution in [-0.2, 0) is 14.3 Å². The van der Waals surface area contributed by atoms with Crippen molar-refractivity contribution in [2.24, 2.45) is 0 Å². The Balaban J connectivity index is 1.36. The van der Waals surface area contributed by atoms with Crippen LogP contribution in [0.1, 0.15) is 6.42 Å². The van der Waals surface area contributed by atoms with Crippen LogP contribution in [0.15, 0.2) is 54.7 Å². The minimum absolute atomic E-state index is 0.0174. The van der Waals surface area contributed by atoms with Gasteiger partial charge in [-0.1, -0.05) is 18.2 Å². The SMILES string of the molecule is COc1ccccc1N1C(=O)C(CC(=O)Nc2ccc3cc[nH]c3c2)N(CCN2CCOCC2)C1=S. The number of anilines is 2. The molecule has 9 nitrogen and oxygen atoms in total. The van der Waals surface area contributed by atoms with Crippen LogP contribution >= 0.6 is 12.2 Å². The number of aromatic amines is 1. The quantitative estimate of drug-likeness (QED) is 0.453. The molecule has 1 unspecified atom stereocenters. The number of fused-ring (bicyclic) bond motifs is 1. The Morgan fingerprint density at radius 3 is 2.78 bits per heavy atom. The first-order valence-electron chi connectivity index (χ1n) is 12.0. The van der Waals surface area contributed by atoms with Crippen LogP contribution in [0.25, 0.3) is 10.9 Å². The molecule has 188 valence electrons. The molecule has 0 aliphatic carbocycles. The summed E-state index contributed by atoms with van der Waals surface area (Å²) in [6.07, 6.45) is 1.84. The van der Waals surface area contributed by atoms with Crippen LogP contribution < -0.4 is 15.0 Å². The average molecular weight is 508 g/mol. The molecule has 2 aromatic carbocycles. The highest BCUT2D eigenvalue weighted by molar-refractivity contribution is 7.80. The van der Waals surface area contributed by atoms with E-state index in [9.17, 15) is 9.59 Å². The number of hydrogen-bond acceptors (Lipinski definition) is 6. The summed E-state index contributed by atoms with van der Waals surface area (Å²) in [7, 11) is 1.56. The van der Waals surface area contributed by atoms with E-state index in [1.54, 1.807) is 19.2 Å². The predicted octanol–water partition coefficient (Wildman–Crippen LogP) is 2.84. The lowest BCUT2D eigenvalue weighted by atomic mass is 10.1. The fourth-order valence-electron chi connectivity index (χ4n) is 4.71. The van der Waals surface area contributed by atoms with Crippen molar-refractivity contribution in [2.45, 2.75) is 12.5 Å². The fraction of sp³-hybridized carbons (Fsp3) is 0.346. The summed E-state index contributed by atoms with van der Waals surface area (Å²) in [4.78, 5) is 35.6. The first kappa shape index (κ1) is 24.2. The number of nitrogens with zero attached hydrogens (tertiary/aromatic N) is 3. The van der Waals surface area contributed by atoms with Crippen LogP contribution in [0, 0.1) is 0 Å². The summed E-state index contributed by atoms with van der Waals surface area (Å²) in [5.74, 6) is 0.0624. The highest BCUT2D eigenvalue weighted by Gasteiger charge is 2.45. The molecule has 10 heteroatoms. The molecule has 2 saturated heterocycles. The van der Waals surface area contributed by atoms with Gasteiger partial charge in [-0.3, -0.25) is 19.4 Å². The third-order valence-electron chi connectivity index (χ3n) is 6.62. The number of morpholine rings is 1. The van der Waals surface area contributed by atoms with Gasteiger partial charge in [-0.25, -0.2) is 0 Å². The number of nitrogens with one attached hydrogen (secondary N) is 2. The number of aromatic nitrogens is 1. The maximum atomic E-state index is 13.7. The third kappa shape index (κ3) is 4.92. The van der Waals surface area contributed by atoms with E-state index < -0.39 is 6.04 Å². The second-order valence-corrected chi connectivity index (χ2v) is 9.19. The number of hydrogen-bond donors (Lipinski definition) is 2. The van der Waals surface area contributed by atoms with E-state index in [1.807, 2.05) is 47.5 Å².